The molecule has 1 aliphatic rings. The third kappa shape index (κ3) is 1.47. The largest absolute Gasteiger partial charge is 0.497 e. The molecule has 2 rings (SSSR count). The van der Waals surface area contributed by atoms with E-state index in [9.17, 15) is 0 Å². The summed E-state index contributed by atoms with van der Waals surface area (Å²) in [5.74, 6) is 0.875. The molecular weight excluding hydrogens is 164 g/mol. The highest BCUT2D eigenvalue weighted by atomic mass is 16.5. The maximum absolute atomic E-state index is 5.96. The number of anilines is 1. The van der Waals surface area contributed by atoms with Gasteiger partial charge in [-0.15, -0.1) is 0 Å². The van der Waals surface area contributed by atoms with E-state index < -0.39 is 0 Å². The molecule has 0 fully saturated rings. The van der Waals surface area contributed by atoms with E-state index in [0.29, 0.717) is 0 Å². The van der Waals surface area contributed by atoms with E-state index in [2.05, 4.69) is 5.32 Å². The van der Waals surface area contributed by atoms with Gasteiger partial charge in [0.05, 0.1) is 7.11 Å². The predicted molar refractivity (Wildman–Crippen MR) is 53.0 cm³/mol. The first kappa shape index (κ1) is 8.38. The zero-order chi connectivity index (χ0) is 9.26. The standard InChI is InChI=1S/C10H14N2O/c1-13-7-2-3-8-9(11)4-5-12-10(8)6-7/h2-3,6,9,12H,4-5,11H2,1H3. The first-order valence-electron chi connectivity index (χ1n) is 4.48. The molecule has 0 saturated carbocycles. The molecule has 0 amide bonds. The second-order valence-electron chi connectivity index (χ2n) is 3.28. The smallest absolute Gasteiger partial charge is 0.120 e. The molecule has 13 heavy (non-hydrogen) atoms. The Bertz CT molecular complexity index is 312. The van der Waals surface area contributed by atoms with Crippen LogP contribution in [0.25, 0.3) is 0 Å². The van der Waals surface area contributed by atoms with Crippen molar-refractivity contribution in [2.45, 2.75) is 12.5 Å². The van der Waals surface area contributed by atoms with Crippen LogP contribution in [0.1, 0.15) is 18.0 Å². The van der Waals surface area contributed by atoms with Gasteiger partial charge in [0.15, 0.2) is 0 Å². The Balaban J connectivity index is 2.39. The van der Waals surface area contributed by atoms with Crippen molar-refractivity contribution in [3.63, 3.8) is 0 Å². The van der Waals surface area contributed by atoms with Crippen LogP contribution < -0.4 is 15.8 Å². The molecule has 1 aromatic rings. The van der Waals surface area contributed by atoms with Crippen LogP contribution in [0.2, 0.25) is 0 Å². The SMILES string of the molecule is COc1ccc2c(c1)NCCC2N. The Morgan fingerprint density at radius 3 is 3.15 bits per heavy atom. The van der Waals surface area contributed by atoms with Gasteiger partial charge in [-0.05, 0) is 18.1 Å². The zero-order valence-corrected chi connectivity index (χ0v) is 7.71. The van der Waals surface area contributed by atoms with Crippen LogP contribution in [0.3, 0.4) is 0 Å². The van der Waals surface area contributed by atoms with Gasteiger partial charge in [-0.2, -0.15) is 0 Å². The summed E-state index contributed by atoms with van der Waals surface area (Å²) < 4.78 is 5.13. The summed E-state index contributed by atoms with van der Waals surface area (Å²) in [6.07, 6.45) is 0.999. The van der Waals surface area contributed by atoms with Crippen LogP contribution in [0, 0.1) is 0 Å². The molecule has 0 saturated heterocycles. The van der Waals surface area contributed by atoms with Gasteiger partial charge in [-0.25, -0.2) is 0 Å². The molecule has 1 unspecified atom stereocenters. The summed E-state index contributed by atoms with van der Waals surface area (Å²) in [5.41, 5.74) is 8.25. The summed E-state index contributed by atoms with van der Waals surface area (Å²) in [7, 11) is 1.67. The van der Waals surface area contributed by atoms with Crippen molar-refractivity contribution in [1.29, 1.82) is 0 Å². The van der Waals surface area contributed by atoms with Crippen LogP contribution in [0.4, 0.5) is 5.69 Å². The summed E-state index contributed by atoms with van der Waals surface area (Å²) in [6, 6.07) is 6.15. The Hall–Kier alpha value is -1.22. The van der Waals surface area contributed by atoms with Crippen LogP contribution in [-0.2, 0) is 0 Å². The predicted octanol–water partition coefficient (Wildman–Crippen LogP) is 1.51. The maximum Gasteiger partial charge on any atom is 0.120 e. The molecule has 1 aliphatic heterocycles. The highest BCUT2D eigenvalue weighted by molar-refractivity contribution is 5.57. The van der Waals surface area contributed by atoms with Gasteiger partial charge in [0, 0.05) is 24.3 Å². The summed E-state index contributed by atoms with van der Waals surface area (Å²) >= 11 is 0. The number of benzene rings is 1. The fourth-order valence-corrected chi connectivity index (χ4v) is 1.66. The molecule has 0 radical (unpaired) electrons. The van der Waals surface area contributed by atoms with Gasteiger partial charge in [0.1, 0.15) is 5.75 Å². The Morgan fingerprint density at radius 2 is 2.38 bits per heavy atom. The van der Waals surface area contributed by atoms with Crippen molar-refractivity contribution in [1.82, 2.24) is 0 Å². The molecular formula is C10H14N2O. The second kappa shape index (κ2) is 3.26. The molecule has 1 heterocycles. The maximum atomic E-state index is 5.96. The lowest BCUT2D eigenvalue weighted by atomic mass is 9.99. The van der Waals surface area contributed by atoms with Crippen molar-refractivity contribution in [2.24, 2.45) is 5.73 Å². The third-order valence-electron chi connectivity index (χ3n) is 2.43. The normalized spacial score (nSPS) is 20.3. The van der Waals surface area contributed by atoms with Gasteiger partial charge >= 0.3 is 0 Å². The van der Waals surface area contributed by atoms with Crippen molar-refractivity contribution in [3.8, 4) is 5.75 Å². The molecule has 1 aromatic carbocycles. The summed E-state index contributed by atoms with van der Waals surface area (Å²) in [5, 5.41) is 3.31. The number of hydrogen-bond acceptors (Lipinski definition) is 3. The highest BCUT2D eigenvalue weighted by Crippen LogP contribution is 2.30. The molecule has 70 valence electrons. The number of rotatable bonds is 1. The summed E-state index contributed by atoms with van der Waals surface area (Å²) in [4.78, 5) is 0. The van der Waals surface area contributed by atoms with E-state index in [1.807, 2.05) is 18.2 Å². The van der Waals surface area contributed by atoms with Crippen molar-refractivity contribution in [3.05, 3.63) is 23.8 Å². The lowest BCUT2D eigenvalue weighted by molar-refractivity contribution is 0.414. The molecule has 3 N–H and O–H groups in total. The molecule has 3 heteroatoms. The van der Waals surface area contributed by atoms with E-state index in [0.717, 1.165) is 24.4 Å². The Kier molecular flexibility index (Phi) is 2.10. The van der Waals surface area contributed by atoms with Gasteiger partial charge < -0.3 is 15.8 Å². The topological polar surface area (TPSA) is 47.3 Å². The summed E-state index contributed by atoms with van der Waals surface area (Å²) in [6.45, 7) is 0.946. The van der Waals surface area contributed by atoms with E-state index in [4.69, 9.17) is 10.5 Å². The Morgan fingerprint density at radius 1 is 1.54 bits per heavy atom. The molecule has 0 bridgehead atoms. The average Bonchev–Trinajstić information content (AvgIpc) is 2.18. The molecule has 0 aliphatic carbocycles. The number of methoxy groups -OCH3 is 1. The van der Waals surface area contributed by atoms with Crippen molar-refractivity contribution < 1.29 is 4.74 Å². The second-order valence-corrected chi connectivity index (χ2v) is 3.28. The zero-order valence-electron chi connectivity index (χ0n) is 7.71. The first-order valence-corrected chi connectivity index (χ1v) is 4.48. The lowest BCUT2D eigenvalue weighted by Gasteiger charge is -2.23. The number of hydrogen-bond donors (Lipinski definition) is 2. The van der Waals surface area contributed by atoms with Crippen LogP contribution in [0.5, 0.6) is 5.75 Å². The average molecular weight is 178 g/mol. The Labute approximate surface area is 77.9 Å². The highest BCUT2D eigenvalue weighted by Gasteiger charge is 2.16. The molecule has 0 spiro atoms. The quantitative estimate of drug-likeness (QED) is 0.685. The lowest BCUT2D eigenvalue weighted by Crippen LogP contribution is -2.22. The van der Waals surface area contributed by atoms with Gasteiger partial charge in [0.2, 0.25) is 0 Å². The van der Waals surface area contributed by atoms with Gasteiger partial charge in [-0.3, -0.25) is 0 Å². The monoisotopic (exact) mass is 178 g/mol. The number of nitrogens with one attached hydrogen (secondary N) is 1. The minimum Gasteiger partial charge on any atom is -0.497 e. The minimum atomic E-state index is 0.169. The molecule has 3 nitrogen and oxygen atoms in total. The first-order chi connectivity index (χ1) is 6.31. The van der Waals surface area contributed by atoms with Crippen LogP contribution >= 0.6 is 0 Å². The number of nitrogens with two attached hydrogens (primary N) is 1. The molecule has 0 aromatic heterocycles. The van der Waals surface area contributed by atoms with E-state index in [-0.39, 0.29) is 6.04 Å². The van der Waals surface area contributed by atoms with Crippen molar-refractivity contribution in [2.75, 3.05) is 19.0 Å². The van der Waals surface area contributed by atoms with Crippen LogP contribution in [0.15, 0.2) is 18.2 Å². The number of ether oxygens (including phenoxy) is 1. The molecule has 1 atom stereocenters. The van der Waals surface area contributed by atoms with Crippen LogP contribution in [-0.4, -0.2) is 13.7 Å². The van der Waals surface area contributed by atoms with E-state index >= 15 is 0 Å². The third-order valence-corrected chi connectivity index (χ3v) is 2.43. The minimum absolute atomic E-state index is 0.169. The van der Waals surface area contributed by atoms with E-state index in [1.54, 1.807) is 7.11 Å². The van der Waals surface area contributed by atoms with Crippen molar-refractivity contribution >= 4 is 5.69 Å². The number of fused-ring (bicyclic) bond motifs is 1. The fraction of sp³-hybridized carbons (Fsp3) is 0.400. The van der Waals surface area contributed by atoms with E-state index in [1.165, 1.54) is 5.56 Å². The van der Waals surface area contributed by atoms with Gasteiger partial charge in [-0.1, -0.05) is 6.07 Å². The van der Waals surface area contributed by atoms with Gasteiger partial charge in [0.25, 0.3) is 0 Å². The fourth-order valence-electron chi connectivity index (χ4n) is 1.66.